The minimum absolute atomic E-state index is 0.213. The number of carboxylic acid groups (broad SMARTS) is 1. The van der Waals surface area contributed by atoms with Crippen molar-refractivity contribution in [3.63, 3.8) is 0 Å². The third-order valence-corrected chi connectivity index (χ3v) is 4.68. The van der Waals surface area contributed by atoms with Gasteiger partial charge < -0.3 is 25.4 Å². The van der Waals surface area contributed by atoms with Crippen LogP contribution in [0.5, 0.6) is 0 Å². The molecule has 0 aliphatic rings. The van der Waals surface area contributed by atoms with Crippen LogP contribution in [-0.2, 0) is 17.8 Å². The summed E-state index contributed by atoms with van der Waals surface area (Å²) in [5.74, 6) is -0.980. The summed E-state index contributed by atoms with van der Waals surface area (Å²) in [4.78, 5) is 37.4. The molecule has 33 heavy (non-hydrogen) atoms. The molecule has 2 aromatic rings. The van der Waals surface area contributed by atoms with Crippen LogP contribution in [0.15, 0.2) is 48.5 Å². The molecule has 0 unspecified atom stereocenters. The zero-order chi connectivity index (χ0) is 24.4. The molecule has 0 aliphatic carbocycles. The Hall–Kier alpha value is -3.55. The molecule has 3 amide bonds. The van der Waals surface area contributed by atoms with Crippen molar-refractivity contribution in [2.75, 3.05) is 11.9 Å². The summed E-state index contributed by atoms with van der Waals surface area (Å²) in [6.07, 6.45) is 1.32. The third-order valence-electron chi connectivity index (χ3n) is 4.68. The molecule has 0 heterocycles. The van der Waals surface area contributed by atoms with E-state index in [1.807, 2.05) is 12.1 Å². The summed E-state index contributed by atoms with van der Waals surface area (Å²) in [6, 6.07) is 13.5. The van der Waals surface area contributed by atoms with Gasteiger partial charge in [0, 0.05) is 25.3 Å². The van der Waals surface area contributed by atoms with E-state index in [0.29, 0.717) is 25.3 Å². The van der Waals surface area contributed by atoms with Gasteiger partial charge in [0.15, 0.2) is 0 Å². The van der Waals surface area contributed by atoms with Crippen LogP contribution in [0.3, 0.4) is 0 Å². The Balaban J connectivity index is 1.96. The number of urea groups is 1. The molecule has 0 fully saturated rings. The van der Waals surface area contributed by atoms with Crippen molar-refractivity contribution in [3.05, 3.63) is 65.2 Å². The number of hydrogen-bond acceptors (Lipinski definition) is 4. The predicted octanol–water partition coefficient (Wildman–Crippen LogP) is 5.24. The molecule has 0 atom stereocenters. The number of nitrogens with one attached hydrogen (secondary N) is 2. The molecule has 0 aromatic heterocycles. The number of anilines is 1. The monoisotopic (exact) mass is 455 g/mol. The van der Waals surface area contributed by atoms with Crippen molar-refractivity contribution in [2.24, 2.45) is 0 Å². The third kappa shape index (κ3) is 9.22. The second-order valence-electron chi connectivity index (χ2n) is 8.76. The molecule has 8 heteroatoms. The number of rotatable bonds is 9. The van der Waals surface area contributed by atoms with Crippen LogP contribution < -0.4 is 10.6 Å². The zero-order valence-electron chi connectivity index (χ0n) is 19.7. The lowest BCUT2D eigenvalue weighted by atomic mass is 10.1. The van der Waals surface area contributed by atoms with Crippen LogP contribution in [0.1, 0.15) is 62.0 Å². The molecular weight excluding hydrogens is 422 g/mol. The molecule has 2 aromatic carbocycles. The molecule has 0 aliphatic heterocycles. The van der Waals surface area contributed by atoms with Gasteiger partial charge in [0.05, 0.1) is 5.56 Å². The molecule has 8 nitrogen and oxygen atoms in total. The second kappa shape index (κ2) is 11.9. The van der Waals surface area contributed by atoms with Crippen LogP contribution in [0.2, 0.25) is 0 Å². The first-order valence-electron chi connectivity index (χ1n) is 11.0. The number of unbranched alkanes of at least 4 members (excludes halogenated alkanes) is 1. The Morgan fingerprint density at radius 3 is 2.12 bits per heavy atom. The number of carbonyl (C=O) groups excluding carboxylic acids is 2. The van der Waals surface area contributed by atoms with Crippen LogP contribution >= 0.6 is 0 Å². The van der Waals surface area contributed by atoms with Gasteiger partial charge in [-0.25, -0.2) is 14.4 Å². The quantitative estimate of drug-likeness (QED) is 0.479. The smallest absolute Gasteiger partial charge is 0.407 e. The number of alkyl carbamates (subject to hydrolysis) is 1. The van der Waals surface area contributed by atoms with E-state index in [0.717, 1.165) is 24.0 Å². The summed E-state index contributed by atoms with van der Waals surface area (Å²) < 4.78 is 5.22. The van der Waals surface area contributed by atoms with Gasteiger partial charge in [0.2, 0.25) is 0 Å². The highest BCUT2D eigenvalue weighted by Crippen LogP contribution is 2.14. The SMILES string of the molecule is CCCCN(Cc1ccc(C(=O)O)cc1)C(=O)Nc1ccc(CNC(=O)OC(C)(C)C)cc1. The first kappa shape index (κ1) is 25.7. The summed E-state index contributed by atoms with van der Waals surface area (Å²) in [6.45, 7) is 8.75. The van der Waals surface area contributed by atoms with E-state index in [-0.39, 0.29) is 11.6 Å². The second-order valence-corrected chi connectivity index (χ2v) is 8.76. The molecular formula is C25H33N3O5. The van der Waals surface area contributed by atoms with Crippen LogP contribution in [0.4, 0.5) is 15.3 Å². The fraction of sp³-hybridized carbons (Fsp3) is 0.400. The van der Waals surface area contributed by atoms with Crippen molar-refractivity contribution in [2.45, 2.75) is 59.2 Å². The van der Waals surface area contributed by atoms with Gasteiger partial charge in [-0.1, -0.05) is 37.6 Å². The van der Waals surface area contributed by atoms with E-state index in [4.69, 9.17) is 9.84 Å². The topological polar surface area (TPSA) is 108 Å². The number of amides is 3. The van der Waals surface area contributed by atoms with E-state index in [1.54, 1.807) is 49.9 Å². The zero-order valence-corrected chi connectivity index (χ0v) is 19.7. The Morgan fingerprint density at radius 2 is 1.58 bits per heavy atom. The minimum Gasteiger partial charge on any atom is -0.478 e. The van der Waals surface area contributed by atoms with E-state index >= 15 is 0 Å². The average Bonchev–Trinajstić information content (AvgIpc) is 2.75. The van der Waals surface area contributed by atoms with E-state index in [1.165, 1.54) is 12.1 Å². The van der Waals surface area contributed by atoms with Crippen molar-refractivity contribution >= 4 is 23.8 Å². The molecule has 0 saturated carbocycles. The van der Waals surface area contributed by atoms with E-state index in [9.17, 15) is 14.4 Å². The predicted molar refractivity (Wildman–Crippen MR) is 127 cm³/mol. The number of carbonyl (C=O) groups is 3. The van der Waals surface area contributed by atoms with Gasteiger partial charge in [0.1, 0.15) is 5.60 Å². The normalized spacial score (nSPS) is 10.9. The molecule has 0 saturated heterocycles. The Morgan fingerprint density at radius 1 is 0.970 bits per heavy atom. The van der Waals surface area contributed by atoms with Crippen molar-refractivity contribution in [3.8, 4) is 0 Å². The summed E-state index contributed by atoms with van der Waals surface area (Å²) in [5, 5.41) is 14.7. The molecule has 2 rings (SSSR count). The Labute approximate surface area is 194 Å². The van der Waals surface area contributed by atoms with Crippen molar-refractivity contribution in [1.29, 1.82) is 0 Å². The standard InChI is InChI=1S/C25H33N3O5/c1-5-6-15-28(17-19-7-11-20(12-8-19)22(29)30)23(31)27-21-13-9-18(10-14-21)16-26-24(32)33-25(2,3)4/h7-14H,5-6,15-17H2,1-4H3,(H,26,32)(H,27,31)(H,29,30). The number of nitrogens with zero attached hydrogens (tertiary/aromatic N) is 1. The van der Waals surface area contributed by atoms with Gasteiger partial charge in [-0.3, -0.25) is 0 Å². The highest BCUT2D eigenvalue weighted by Gasteiger charge is 2.16. The molecule has 3 N–H and O–H groups in total. The first-order chi connectivity index (χ1) is 15.6. The number of benzene rings is 2. The van der Waals surface area contributed by atoms with E-state index < -0.39 is 17.7 Å². The number of carboxylic acids is 1. The summed E-state index contributed by atoms with van der Waals surface area (Å²) in [5.41, 5.74) is 2.03. The molecule has 0 bridgehead atoms. The lowest BCUT2D eigenvalue weighted by Crippen LogP contribution is -2.35. The van der Waals surface area contributed by atoms with Gasteiger partial charge in [-0.2, -0.15) is 0 Å². The largest absolute Gasteiger partial charge is 0.478 e. The number of hydrogen-bond donors (Lipinski definition) is 3. The first-order valence-corrected chi connectivity index (χ1v) is 11.0. The van der Waals surface area contributed by atoms with Crippen LogP contribution in [0.25, 0.3) is 0 Å². The van der Waals surface area contributed by atoms with Gasteiger partial charge in [-0.05, 0) is 62.6 Å². The molecule has 178 valence electrons. The number of aromatic carboxylic acids is 1. The van der Waals surface area contributed by atoms with Crippen LogP contribution in [-0.4, -0.2) is 40.2 Å². The highest BCUT2D eigenvalue weighted by molar-refractivity contribution is 5.89. The lowest BCUT2D eigenvalue weighted by Gasteiger charge is -2.23. The van der Waals surface area contributed by atoms with Gasteiger partial charge in [0.25, 0.3) is 0 Å². The summed E-state index contributed by atoms with van der Waals surface area (Å²) in [7, 11) is 0. The van der Waals surface area contributed by atoms with Gasteiger partial charge in [-0.15, -0.1) is 0 Å². The maximum absolute atomic E-state index is 12.9. The molecule has 0 radical (unpaired) electrons. The Kier molecular flexibility index (Phi) is 9.27. The maximum atomic E-state index is 12.9. The van der Waals surface area contributed by atoms with E-state index in [2.05, 4.69) is 17.6 Å². The van der Waals surface area contributed by atoms with Crippen molar-refractivity contribution in [1.82, 2.24) is 10.2 Å². The average molecular weight is 456 g/mol. The summed E-state index contributed by atoms with van der Waals surface area (Å²) >= 11 is 0. The van der Waals surface area contributed by atoms with Gasteiger partial charge >= 0.3 is 18.1 Å². The molecule has 0 spiro atoms. The van der Waals surface area contributed by atoms with Crippen molar-refractivity contribution < 1.29 is 24.2 Å². The van der Waals surface area contributed by atoms with Crippen LogP contribution in [0, 0.1) is 0 Å². The lowest BCUT2D eigenvalue weighted by molar-refractivity contribution is 0.0523. The Bertz CT molecular complexity index is 934. The fourth-order valence-electron chi connectivity index (χ4n) is 2.97. The fourth-order valence-corrected chi connectivity index (χ4v) is 2.97. The maximum Gasteiger partial charge on any atom is 0.407 e. The highest BCUT2D eigenvalue weighted by atomic mass is 16.6. The number of ether oxygens (including phenoxy) is 1. The minimum atomic E-state index is -0.980.